The molecule has 0 atom stereocenters. The van der Waals surface area contributed by atoms with Crippen LogP contribution in [0.4, 0.5) is 5.69 Å². The molecule has 0 bridgehead atoms. The minimum absolute atomic E-state index is 0.674. The largest absolute Gasteiger partial charge is 0.378 e. The molecule has 0 saturated carbocycles. The van der Waals surface area contributed by atoms with E-state index in [-0.39, 0.29) is 0 Å². The van der Waals surface area contributed by atoms with E-state index in [0.29, 0.717) is 5.02 Å². The Bertz CT molecular complexity index is 1080. The van der Waals surface area contributed by atoms with Gasteiger partial charge in [-0.2, -0.15) is 10.2 Å². The second-order valence-corrected chi connectivity index (χ2v) is 8.82. The van der Waals surface area contributed by atoms with E-state index in [9.17, 15) is 0 Å². The smallest absolute Gasteiger partial charge is 0.0642 e. The number of allylic oxidation sites excluding steroid dienone is 2. The summed E-state index contributed by atoms with van der Waals surface area (Å²) >= 11 is 6.21. The van der Waals surface area contributed by atoms with Crippen LogP contribution in [0.5, 0.6) is 0 Å². The molecule has 178 valence electrons. The first kappa shape index (κ1) is 24.2. The molecular weight excluding hydrogens is 444 g/mol. The van der Waals surface area contributed by atoms with Crippen molar-refractivity contribution in [3.63, 3.8) is 0 Å². The standard InChI is InChI=1S/C28H33ClN4O/c1-3-32(4-2)26-13-9-22(10-14-26)19-23-11-12-25(28(23)33-15-17-34-18-16-33)21-31-30-20-24-7-5-6-8-27(24)29/h5-10,13-14,19-21H,3-4,11-12,15-18H2,1-2H3/b23-19+,30-20-,31-21-. The van der Waals surface area contributed by atoms with Crippen molar-refractivity contribution in [3.8, 4) is 0 Å². The maximum atomic E-state index is 6.21. The van der Waals surface area contributed by atoms with Gasteiger partial charge in [-0.3, -0.25) is 0 Å². The van der Waals surface area contributed by atoms with Crippen LogP contribution in [0.3, 0.4) is 0 Å². The van der Waals surface area contributed by atoms with E-state index in [1.54, 1.807) is 6.21 Å². The lowest BCUT2D eigenvalue weighted by Crippen LogP contribution is -2.36. The fourth-order valence-corrected chi connectivity index (χ4v) is 4.71. The molecule has 1 fully saturated rings. The summed E-state index contributed by atoms with van der Waals surface area (Å²) in [6.07, 6.45) is 7.89. The first-order chi connectivity index (χ1) is 16.7. The molecule has 0 unspecified atom stereocenters. The summed E-state index contributed by atoms with van der Waals surface area (Å²) in [6, 6.07) is 16.5. The van der Waals surface area contributed by atoms with Crippen LogP contribution >= 0.6 is 11.6 Å². The van der Waals surface area contributed by atoms with E-state index in [0.717, 1.165) is 57.8 Å². The summed E-state index contributed by atoms with van der Waals surface area (Å²) in [5, 5.41) is 9.29. The first-order valence-corrected chi connectivity index (χ1v) is 12.5. The van der Waals surface area contributed by atoms with Gasteiger partial charge in [0.15, 0.2) is 0 Å². The summed E-state index contributed by atoms with van der Waals surface area (Å²) in [6.45, 7) is 9.72. The molecule has 0 amide bonds. The number of anilines is 1. The highest BCUT2D eigenvalue weighted by atomic mass is 35.5. The molecule has 2 aliphatic rings. The van der Waals surface area contributed by atoms with Gasteiger partial charge < -0.3 is 14.5 Å². The molecule has 6 heteroatoms. The van der Waals surface area contributed by atoms with Gasteiger partial charge >= 0.3 is 0 Å². The number of halogens is 1. The highest BCUT2D eigenvalue weighted by Crippen LogP contribution is 2.35. The van der Waals surface area contributed by atoms with Gasteiger partial charge in [0.05, 0.1) is 25.6 Å². The van der Waals surface area contributed by atoms with Gasteiger partial charge in [-0.25, -0.2) is 0 Å². The van der Waals surface area contributed by atoms with Crippen LogP contribution in [0.1, 0.15) is 37.8 Å². The highest BCUT2D eigenvalue weighted by molar-refractivity contribution is 6.33. The minimum atomic E-state index is 0.674. The lowest BCUT2D eigenvalue weighted by Gasteiger charge is -2.31. The molecule has 1 aliphatic heterocycles. The summed E-state index contributed by atoms with van der Waals surface area (Å²) in [5.41, 5.74) is 7.23. The maximum Gasteiger partial charge on any atom is 0.0642 e. The number of hydrogen-bond acceptors (Lipinski definition) is 5. The molecule has 34 heavy (non-hydrogen) atoms. The SMILES string of the molecule is CCN(CC)c1ccc(/C=C2\CCC(/C=N\N=C/c3ccccc3Cl)=C2N2CCOCC2)cc1. The molecule has 4 rings (SSSR count). The van der Waals surface area contributed by atoms with Crippen LogP contribution in [0.2, 0.25) is 5.02 Å². The van der Waals surface area contributed by atoms with Crippen LogP contribution in [0, 0.1) is 0 Å². The van der Waals surface area contributed by atoms with Crippen molar-refractivity contribution < 1.29 is 4.74 Å². The molecule has 0 aromatic heterocycles. The highest BCUT2D eigenvalue weighted by Gasteiger charge is 2.25. The van der Waals surface area contributed by atoms with Crippen LogP contribution < -0.4 is 4.90 Å². The Kier molecular flexibility index (Phi) is 8.56. The van der Waals surface area contributed by atoms with Gasteiger partial charge in [-0.15, -0.1) is 0 Å². The van der Waals surface area contributed by atoms with Crippen molar-refractivity contribution in [2.45, 2.75) is 26.7 Å². The summed E-state index contributed by atoms with van der Waals surface area (Å²) in [7, 11) is 0. The second kappa shape index (κ2) is 12.0. The number of hydrogen-bond donors (Lipinski definition) is 0. The average Bonchev–Trinajstić information content (AvgIpc) is 3.27. The van der Waals surface area contributed by atoms with Crippen molar-refractivity contribution in [2.75, 3.05) is 44.3 Å². The Balaban J connectivity index is 1.58. The minimum Gasteiger partial charge on any atom is -0.378 e. The summed E-state index contributed by atoms with van der Waals surface area (Å²) in [4.78, 5) is 4.80. The van der Waals surface area contributed by atoms with Crippen LogP contribution in [-0.4, -0.2) is 56.7 Å². The van der Waals surface area contributed by atoms with Crippen molar-refractivity contribution in [2.24, 2.45) is 10.2 Å². The third-order valence-corrected chi connectivity index (χ3v) is 6.69. The number of rotatable bonds is 8. The number of morpholine rings is 1. The lowest BCUT2D eigenvalue weighted by molar-refractivity contribution is 0.0548. The van der Waals surface area contributed by atoms with Gasteiger partial charge in [-0.1, -0.05) is 41.9 Å². The first-order valence-electron chi connectivity index (χ1n) is 12.1. The van der Waals surface area contributed by atoms with E-state index >= 15 is 0 Å². The molecule has 2 aromatic carbocycles. The average molecular weight is 477 g/mol. The monoisotopic (exact) mass is 476 g/mol. The van der Waals surface area contributed by atoms with E-state index in [1.165, 1.54) is 28.1 Å². The van der Waals surface area contributed by atoms with Crippen molar-refractivity contribution in [1.82, 2.24) is 4.90 Å². The Labute approximate surface area is 208 Å². The van der Waals surface area contributed by atoms with E-state index in [2.05, 4.69) is 64.2 Å². The third-order valence-electron chi connectivity index (χ3n) is 6.34. The van der Waals surface area contributed by atoms with Crippen molar-refractivity contribution in [3.05, 3.63) is 81.5 Å². The van der Waals surface area contributed by atoms with Gasteiger partial charge in [-0.05, 0) is 67.7 Å². The predicted molar refractivity (Wildman–Crippen MR) is 144 cm³/mol. The Morgan fingerprint density at radius 1 is 0.941 bits per heavy atom. The lowest BCUT2D eigenvalue weighted by atomic mass is 10.1. The van der Waals surface area contributed by atoms with Gasteiger partial charge in [0.1, 0.15) is 0 Å². The predicted octanol–water partition coefficient (Wildman–Crippen LogP) is 6.05. The van der Waals surface area contributed by atoms with Gasteiger partial charge in [0.25, 0.3) is 0 Å². The molecule has 5 nitrogen and oxygen atoms in total. The summed E-state index contributed by atoms with van der Waals surface area (Å²) < 4.78 is 5.61. The quantitative estimate of drug-likeness (QED) is 0.343. The number of ether oxygens (including phenoxy) is 1. The van der Waals surface area contributed by atoms with E-state index in [4.69, 9.17) is 16.3 Å². The van der Waals surface area contributed by atoms with Crippen molar-refractivity contribution >= 4 is 35.8 Å². The van der Waals surface area contributed by atoms with E-state index < -0.39 is 0 Å². The van der Waals surface area contributed by atoms with Crippen LogP contribution in [0.25, 0.3) is 6.08 Å². The number of benzene rings is 2. The molecule has 1 aliphatic carbocycles. The molecule has 2 aromatic rings. The molecular formula is C28H33ClN4O. The Morgan fingerprint density at radius 3 is 2.35 bits per heavy atom. The second-order valence-electron chi connectivity index (χ2n) is 8.42. The zero-order valence-corrected chi connectivity index (χ0v) is 20.8. The Morgan fingerprint density at radius 2 is 1.65 bits per heavy atom. The zero-order valence-electron chi connectivity index (χ0n) is 20.1. The molecule has 1 heterocycles. The summed E-state index contributed by atoms with van der Waals surface area (Å²) in [5.74, 6) is 0. The molecule has 0 radical (unpaired) electrons. The molecule has 0 N–H and O–H groups in total. The number of nitrogens with zero attached hydrogens (tertiary/aromatic N) is 4. The van der Waals surface area contributed by atoms with Gasteiger partial charge in [0, 0.05) is 48.1 Å². The zero-order chi connectivity index (χ0) is 23.8. The van der Waals surface area contributed by atoms with Crippen LogP contribution in [0.15, 0.2) is 75.6 Å². The maximum absolute atomic E-state index is 6.21. The third kappa shape index (κ3) is 5.96. The van der Waals surface area contributed by atoms with Crippen LogP contribution in [-0.2, 0) is 4.74 Å². The Hall–Kier alpha value is -2.89. The fourth-order valence-electron chi connectivity index (χ4n) is 4.52. The molecule has 1 saturated heterocycles. The normalized spacial score (nSPS) is 18.1. The van der Waals surface area contributed by atoms with Crippen molar-refractivity contribution in [1.29, 1.82) is 0 Å². The topological polar surface area (TPSA) is 40.4 Å². The fraction of sp³-hybridized carbons (Fsp3) is 0.357. The van der Waals surface area contributed by atoms with E-state index in [1.807, 2.05) is 30.5 Å². The molecule has 0 spiro atoms. The van der Waals surface area contributed by atoms with Gasteiger partial charge in [0.2, 0.25) is 0 Å².